The van der Waals surface area contributed by atoms with Crippen molar-refractivity contribution in [1.29, 1.82) is 0 Å². The molecule has 2 aromatic carbocycles. The van der Waals surface area contributed by atoms with Crippen molar-refractivity contribution in [2.45, 2.75) is 25.6 Å². The Morgan fingerprint density at radius 2 is 2.09 bits per heavy atom. The lowest BCUT2D eigenvalue weighted by molar-refractivity contribution is 0.0955. The van der Waals surface area contributed by atoms with E-state index in [-0.39, 0.29) is 23.5 Å². The first-order valence-corrected chi connectivity index (χ1v) is 11.5. The molecule has 184 valence electrons. The molecular weight excluding hydrogens is 526 g/mol. The van der Waals surface area contributed by atoms with Crippen LogP contribution in [-0.4, -0.2) is 52.7 Å². The Kier molecular flexibility index (Phi) is 7.98. The lowest BCUT2D eigenvalue weighted by atomic mass is 9.79. The van der Waals surface area contributed by atoms with Gasteiger partial charge in [-0.2, -0.15) is 0 Å². The lowest BCUT2D eigenvalue weighted by Crippen LogP contribution is -2.35. The third kappa shape index (κ3) is 5.79. The van der Waals surface area contributed by atoms with Crippen LogP contribution in [0, 0.1) is 5.82 Å². The van der Waals surface area contributed by atoms with Crippen LogP contribution in [0.1, 0.15) is 34.6 Å². The van der Waals surface area contributed by atoms with Gasteiger partial charge in [-0.1, -0.05) is 11.2 Å². The number of fused-ring (bicyclic) bond motifs is 1. The first-order chi connectivity index (χ1) is 16.9. The molecule has 1 aliphatic rings. The van der Waals surface area contributed by atoms with Crippen LogP contribution in [0.15, 0.2) is 45.5 Å². The van der Waals surface area contributed by atoms with E-state index >= 15 is 0 Å². The zero-order chi connectivity index (χ0) is 24.9. The summed E-state index contributed by atoms with van der Waals surface area (Å²) in [6.45, 7) is 2.56. The molecule has 0 saturated heterocycles. The van der Waals surface area contributed by atoms with Crippen molar-refractivity contribution in [2.75, 3.05) is 23.7 Å². The van der Waals surface area contributed by atoms with Gasteiger partial charge in [-0.15, -0.1) is 0 Å². The Labute approximate surface area is 208 Å². The largest absolute Gasteiger partial charge is 0.491 e. The van der Waals surface area contributed by atoms with E-state index < -0.39 is 25.0 Å². The smallest absolute Gasteiger partial charge is 0.423 e. The standard InChI is InChI=1S/C21H23BBrFN6O5/c1-11(28-33)18(27-14-3-5-17(24)16(23)9-14)19-20(30-35-29-19)25-6-7-26-21(31)12-2-4-15-13(8-12)10-34-22(15)32/h2-5,8-9,11,18,27-28,32-33H,6-7,10H2,1H3,(H,25,30)(H,26,31)/t11-,18?/m0/s1. The predicted molar refractivity (Wildman–Crippen MR) is 129 cm³/mol. The summed E-state index contributed by atoms with van der Waals surface area (Å²) in [5.41, 5.74) is 5.04. The van der Waals surface area contributed by atoms with E-state index in [1.54, 1.807) is 37.3 Å². The second-order valence-electron chi connectivity index (χ2n) is 7.93. The Morgan fingerprint density at radius 1 is 1.26 bits per heavy atom. The highest BCUT2D eigenvalue weighted by Crippen LogP contribution is 2.28. The Bertz CT molecular complexity index is 1200. The van der Waals surface area contributed by atoms with Gasteiger partial charge in [0.05, 0.1) is 23.2 Å². The number of nitrogens with zero attached hydrogens (tertiary/aromatic N) is 2. The third-order valence-electron chi connectivity index (χ3n) is 5.52. The van der Waals surface area contributed by atoms with Crippen molar-refractivity contribution in [2.24, 2.45) is 0 Å². The summed E-state index contributed by atoms with van der Waals surface area (Å²) >= 11 is 3.15. The minimum atomic E-state index is -0.955. The molecule has 11 nitrogen and oxygen atoms in total. The molecule has 0 spiro atoms. The maximum atomic E-state index is 13.6. The molecule has 2 atom stereocenters. The summed E-state index contributed by atoms with van der Waals surface area (Å²) in [6, 6.07) is 8.32. The highest BCUT2D eigenvalue weighted by molar-refractivity contribution is 9.10. The number of hydroxylamine groups is 1. The van der Waals surface area contributed by atoms with E-state index in [0.29, 0.717) is 34.8 Å². The summed E-state index contributed by atoms with van der Waals surface area (Å²) in [5, 5.41) is 36.1. The molecule has 0 radical (unpaired) electrons. The highest BCUT2D eigenvalue weighted by atomic mass is 79.9. The maximum absolute atomic E-state index is 13.6. The number of amides is 1. The number of halogens is 2. The summed E-state index contributed by atoms with van der Waals surface area (Å²) in [4.78, 5) is 12.5. The summed E-state index contributed by atoms with van der Waals surface area (Å²) in [7, 11) is -0.955. The van der Waals surface area contributed by atoms with Crippen LogP contribution in [0.5, 0.6) is 0 Å². The van der Waals surface area contributed by atoms with Crippen LogP contribution >= 0.6 is 15.9 Å². The van der Waals surface area contributed by atoms with Gasteiger partial charge in [-0.3, -0.25) is 4.79 Å². The Balaban J connectivity index is 1.36. The number of carbonyl (C=O) groups excluding carboxylic acids is 1. The highest BCUT2D eigenvalue weighted by Gasteiger charge is 2.28. The van der Waals surface area contributed by atoms with Gasteiger partial charge in [0.15, 0.2) is 11.5 Å². The van der Waals surface area contributed by atoms with Crippen molar-refractivity contribution in [3.05, 3.63) is 63.5 Å². The van der Waals surface area contributed by atoms with Crippen molar-refractivity contribution < 1.29 is 28.7 Å². The predicted octanol–water partition coefficient (Wildman–Crippen LogP) is 1.55. The van der Waals surface area contributed by atoms with E-state index in [2.05, 4.69) is 47.7 Å². The van der Waals surface area contributed by atoms with Crippen LogP contribution in [0.3, 0.4) is 0 Å². The first-order valence-electron chi connectivity index (χ1n) is 10.8. The van der Waals surface area contributed by atoms with Crippen molar-refractivity contribution in [3.8, 4) is 0 Å². The fourth-order valence-corrected chi connectivity index (χ4v) is 4.00. The molecule has 0 bridgehead atoms. The van der Waals surface area contributed by atoms with Crippen molar-refractivity contribution >= 4 is 45.9 Å². The van der Waals surface area contributed by atoms with Crippen LogP contribution in [0.2, 0.25) is 0 Å². The molecule has 1 aromatic heterocycles. The van der Waals surface area contributed by atoms with Gasteiger partial charge < -0.3 is 30.8 Å². The average molecular weight is 549 g/mol. The number of carbonyl (C=O) groups is 1. The third-order valence-corrected chi connectivity index (χ3v) is 6.13. The van der Waals surface area contributed by atoms with Crippen molar-refractivity contribution in [3.63, 3.8) is 0 Å². The Morgan fingerprint density at radius 3 is 2.86 bits per heavy atom. The topological polar surface area (TPSA) is 154 Å². The molecule has 4 rings (SSSR count). The van der Waals surface area contributed by atoms with Gasteiger partial charge in [0.1, 0.15) is 5.82 Å². The number of rotatable bonds is 10. The zero-order valence-electron chi connectivity index (χ0n) is 18.6. The molecule has 1 amide bonds. The molecule has 14 heteroatoms. The normalized spacial score (nSPS) is 14.4. The van der Waals surface area contributed by atoms with Crippen LogP contribution < -0.4 is 26.9 Å². The van der Waals surface area contributed by atoms with Gasteiger partial charge in [-0.05, 0) is 69.4 Å². The molecule has 6 N–H and O–H groups in total. The molecule has 1 aliphatic heterocycles. The van der Waals surface area contributed by atoms with Crippen LogP contribution in [-0.2, 0) is 11.3 Å². The second kappa shape index (κ2) is 11.1. The first kappa shape index (κ1) is 25.1. The minimum absolute atomic E-state index is 0.256. The van der Waals surface area contributed by atoms with E-state index in [4.69, 9.17) is 9.28 Å². The Hall–Kier alpha value is -3.04. The number of nitrogens with one attached hydrogen (secondary N) is 4. The van der Waals surface area contributed by atoms with Gasteiger partial charge >= 0.3 is 7.12 Å². The molecule has 0 fully saturated rings. The number of benzene rings is 2. The van der Waals surface area contributed by atoms with E-state index in [0.717, 1.165) is 5.56 Å². The molecule has 35 heavy (non-hydrogen) atoms. The average Bonchev–Trinajstić information content (AvgIpc) is 3.48. The van der Waals surface area contributed by atoms with Crippen LogP contribution in [0.25, 0.3) is 0 Å². The summed E-state index contributed by atoms with van der Waals surface area (Å²) in [6.07, 6.45) is 0. The minimum Gasteiger partial charge on any atom is -0.423 e. The molecule has 0 saturated carbocycles. The molecule has 2 heterocycles. The summed E-state index contributed by atoms with van der Waals surface area (Å²) in [5.74, 6) is -0.350. The molecule has 1 unspecified atom stereocenters. The number of anilines is 2. The van der Waals surface area contributed by atoms with Gasteiger partial charge in [0, 0.05) is 24.3 Å². The van der Waals surface area contributed by atoms with E-state index in [1.165, 1.54) is 6.07 Å². The SMILES string of the molecule is C[C@H](NO)C(Nc1ccc(F)c(Br)c1)c1nonc1NCCNC(=O)c1ccc2c(c1)COB2O. The van der Waals surface area contributed by atoms with E-state index in [1.807, 2.05) is 0 Å². The van der Waals surface area contributed by atoms with Crippen molar-refractivity contribution in [1.82, 2.24) is 21.1 Å². The second-order valence-corrected chi connectivity index (χ2v) is 8.78. The number of hydrogen-bond acceptors (Lipinski definition) is 10. The molecular formula is C21H23BBrFN6O5. The molecule has 0 aliphatic carbocycles. The fraction of sp³-hybridized carbons (Fsp3) is 0.286. The number of aromatic nitrogens is 2. The zero-order valence-corrected chi connectivity index (χ0v) is 20.2. The summed E-state index contributed by atoms with van der Waals surface area (Å²) < 4.78 is 23.9. The maximum Gasteiger partial charge on any atom is 0.491 e. The van der Waals surface area contributed by atoms with Gasteiger partial charge in [-0.25, -0.2) is 14.5 Å². The number of hydrogen-bond donors (Lipinski definition) is 6. The fourth-order valence-electron chi connectivity index (χ4n) is 3.62. The lowest BCUT2D eigenvalue weighted by Gasteiger charge is -2.24. The van der Waals surface area contributed by atoms with Gasteiger partial charge in [0.2, 0.25) is 0 Å². The van der Waals surface area contributed by atoms with Gasteiger partial charge in [0.25, 0.3) is 5.91 Å². The molecule has 3 aromatic rings. The van der Waals surface area contributed by atoms with E-state index in [9.17, 15) is 19.4 Å². The van der Waals surface area contributed by atoms with Crippen LogP contribution in [0.4, 0.5) is 15.9 Å². The quantitative estimate of drug-likeness (QED) is 0.125. The monoisotopic (exact) mass is 548 g/mol.